The van der Waals surface area contributed by atoms with Gasteiger partial charge in [-0.05, 0) is 42.2 Å². The zero-order chi connectivity index (χ0) is 14.8. The van der Waals surface area contributed by atoms with Crippen LogP contribution in [-0.2, 0) is 6.54 Å². The highest BCUT2D eigenvalue weighted by Crippen LogP contribution is 2.33. The van der Waals surface area contributed by atoms with Crippen LogP contribution in [-0.4, -0.2) is 13.2 Å². The van der Waals surface area contributed by atoms with Gasteiger partial charge in [0.2, 0.25) is 0 Å². The van der Waals surface area contributed by atoms with E-state index < -0.39 is 0 Å². The second-order valence-corrected chi connectivity index (χ2v) is 5.71. The number of halogens is 2. The predicted octanol–water partition coefficient (Wildman–Crippen LogP) is 4.41. The van der Waals surface area contributed by atoms with Crippen LogP contribution < -0.4 is 10.1 Å². The Balaban J connectivity index is 2.00. The number of nitrogens with one attached hydrogen (secondary N) is 1. The molecule has 3 rings (SSSR count). The molecule has 4 heteroatoms. The molecule has 1 fully saturated rings. The van der Waals surface area contributed by atoms with Gasteiger partial charge in [-0.25, -0.2) is 4.39 Å². The molecule has 0 heterocycles. The standard InChI is InChI=1S/C17H17ClFNO/c1-21-16-4-2-3-15(17(16)19)14-8-5-12(18)9-11(14)10-20-13-6-7-13/h2-5,8-9,13,20H,6-7,10H2,1H3. The van der Waals surface area contributed by atoms with Gasteiger partial charge in [0, 0.05) is 23.2 Å². The highest BCUT2D eigenvalue weighted by molar-refractivity contribution is 6.30. The summed E-state index contributed by atoms with van der Waals surface area (Å²) in [7, 11) is 1.47. The van der Waals surface area contributed by atoms with Crippen molar-refractivity contribution in [2.75, 3.05) is 7.11 Å². The normalized spacial score (nSPS) is 14.2. The minimum absolute atomic E-state index is 0.253. The number of methoxy groups -OCH3 is 1. The molecule has 110 valence electrons. The molecule has 0 spiro atoms. The van der Waals surface area contributed by atoms with Crippen molar-refractivity contribution in [2.45, 2.75) is 25.4 Å². The summed E-state index contributed by atoms with van der Waals surface area (Å²) in [6.07, 6.45) is 2.42. The maximum Gasteiger partial charge on any atom is 0.172 e. The number of hydrogen-bond donors (Lipinski definition) is 1. The molecule has 2 nitrogen and oxygen atoms in total. The number of ether oxygens (including phenoxy) is 1. The molecule has 21 heavy (non-hydrogen) atoms. The van der Waals surface area contributed by atoms with Gasteiger partial charge in [-0.3, -0.25) is 0 Å². The second-order valence-electron chi connectivity index (χ2n) is 5.28. The first kappa shape index (κ1) is 14.4. The van der Waals surface area contributed by atoms with Crippen LogP contribution in [0.25, 0.3) is 11.1 Å². The Labute approximate surface area is 128 Å². The minimum atomic E-state index is -0.338. The molecule has 1 saturated carbocycles. The van der Waals surface area contributed by atoms with Gasteiger partial charge in [0.25, 0.3) is 0 Å². The number of hydrogen-bond acceptors (Lipinski definition) is 2. The quantitative estimate of drug-likeness (QED) is 0.883. The van der Waals surface area contributed by atoms with Gasteiger partial charge < -0.3 is 10.1 Å². The molecule has 0 unspecified atom stereocenters. The molecule has 0 bridgehead atoms. The monoisotopic (exact) mass is 305 g/mol. The first-order valence-electron chi connectivity index (χ1n) is 7.03. The van der Waals surface area contributed by atoms with Crippen LogP contribution in [0.5, 0.6) is 5.75 Å². The van der Waals surface area contributed by atoms with E-state index in [-0.39, 0.29) is 11.6 Å². The lowest BCUT2D eigenvalue weighted by molar-refractivity contribution is 0.387. The van der Waals surface area contributed by atoms with E-state index in [2.05, 4.69) is 5.32 Å². The topological polar surface area (TPSA) is 21.3 Å². The molecule has 0 aromatic heterocycles. The van der Waals surface area contributed by atoms with Crippen molar-refractivity contribution in [1.82, 2.24) is 5.32 Å². The van der Waals surface area contributed by atoms with Gasteiger partial charge in [-0.2, -0.15) is 0 Å². The molecule has 1 aliphatic rings. The van der Waals surface area contributed by atoms with E-state index in [1.807, 2.05) is 12.1 Å². The lowest BCUT2D eigenvalue weighted by Crippen LogP contribution is -2.16. The van der Waals surface area contributed by atoms with E-state index in [1.165, 1.54) is 20.0 Å². The second kappa shape index (κ2) is 6.04. The average Bonchev–Trinajstić information content (AvgIpc) is 3.30. The van der Waals surface area contributed by atoms with E-state index in [0.717, 1.165) is 11.1 Å². The fourth-order valence-electron chi connectivity index (χ4n) is 2.39. The van der Waals surface area contributed by atoms with Crippen molar-refractivity contribution >= 4 is 11.6 Å². The molecule has 0 saturated heterocycles. The summed E-state index contributed by atoms with van der Waals surface area (Å²) in [5, 5.41) is 4.11. The van der Waals surface area contributed by atoms with Crippen LogP contribution in [0.4, 0.5) is 4.39 Å². The van der Waals surface area contributed by atoms with Crippen LogP contribution in [0.1, 0.15) is 18.4 Å². The van der Waals surface area contributed by atoms with E-state index in [4.69, 9.17) is 16.3 Å². The molecule has 0 aliphatic heterocycles. The molecule has 1 N–H and O–H groups in total. The lowest BCUT2D eigenvalue weighted by Gasteiger charge is -2.13. The van der Waals surface area contributed by atoms with Gasteiger partial charge in [-0.1, -0.05) is 29.8 Å². The Morgan fingerprint density at radius 2 is 2.05 bits per heavy atom. The minimum Gasteiger partial charge on any atom is -0.494 e. The van der Waals surface area contributed by atoms with Gasteiger partial charge in [-0.15, -0.1) is 0 Å². The van der Waals surface area contributed by atoms with Crippen LogP contribution in [0.3, 0.4) is 0 Å². The zero-order valence-corrected chi connectivity index (χ0v) is 12.6. The van der Waals surface area contributed by atoms with E-state index in [1.54, 1.807) is 24.3 Å². The van der Waals surface area contributed by atoms with Crippen LogP contribution in [0, 0.1) is 5.82 Å². The molecule has 2 aromatic rings. The Morgan fingerprint density at radius 3 is 2.76 bits per heavy atom. The molecule has 1 aliphatic carbocycles. The predicted molar refractivity (Wildman–Crippen MR) is 83.3 cm³/mol. The molecule has 0 amide bonds. The highest BCUT2D eigenvalue weighted by atomic mass is 35.5. The fraction of sp³-hybridized carbons (Fsp3) is 0.294. The van der Waals surface area contributed by atoms with Crippen molar-refractivity contribution in [3.63, 3.8) is 0 Å². The summed E-state index contributed by atoms with van der Waals surface area (Å²) in [5.74, 6) is -0.0847. The third-order valence-electron chi connectivity index (χ3n) is 3.70. The zero-order valence-electron chi connectivity index (χ0n) is 11.8. The van der Waals surface area contributed by atoms with Crippen molar-refractivity contribution in [1.29, 1.82) is 0 Å². The SMILES string of the molecule is COc1cccc(-c2ccc(Cl)cc2CNC2CC2)c1F. The maximum absolute atomic E-state index is 14.5. The van der Waals surface area contributed by atoms with Gasteiger partial charge in [0.05, 0.1) is 7.11 Å². The molecular weight excluding hydrogens is 289 g/mol. The van der Waals surface area contributed by atoms with Crippen LogP contribution >= 0.6 is 11.6 Å². The Kier molecular flexibility index (Phi) is 4.13. The van der Waals surface area contributed by atoms with Crippen molar-refractivity contribution in [3.8, 4) is 16.9 Å². The highest BCUT2D eigenvalue weighted by Gasteiger charge is 2.21. The summed E-state index contributed by atoms with van der Waals surface area (Å²) in [6, 6.07) is 11.3. The average molecular weight is 306 g/mol. The summed E-state index contributed by atoms with van der Waals surface area (Å²) in [5.41, 5.74) is 2.39. The van der Waals surface area contributed by atoms with Gasteiger partial charge in [0.1, 0.15) is 0 Å². The number of rotatable bonds is 5. The Hall–Kier alpha value is -1.58. The van der Waals surface area contributed by atoms with Crippen molar-refractivity contribution in [3.05, 3.63) is 52.8 Å². The van der Waals surface area contributed by atoms with E-state index in [0.29, 0.717) is 23.2 Å². The van der Waals surface area contributed by atoms with Crippen LogP contribution in [0.2, 0.25) is 5.02 Å². The van der Waals surface area contributed by atoms with Crippen molar-refractivity contribution < 1.29 is 9.13 Å². The third kappa shape index (κ3) is 3.20. The Bertz CT molecular complexity index is 655. The molecule has 0 radical (unpaired) electrons. The number of benzene rings is 2. The summed E-state index contributed by atoms with van der Waals surface area (Å²) < 4.78 is 19.5. The smallest absolute Gasteiger partial charge is 0.172 e. The van der Waals surface area contributed by atoms with Crippen LogP contribution in [0.15, 0.2) is 36.4 Å². The van der Waals surface area contributed by atoms with E-state index >= 15 is 0 Å². The fourth-order valence-corrected chi connectivity index (χ4v) is 2.58. The first-order valence-corrected chi connectivity index (χ1v) is 7.41. The van der Waals surface area contributed by atoms with Gasteiger partial charge in [0.15, 0.2) is 11.6 Å². The van der Waals surface area contributed by atoms with Gasteiger partial charge >= 0.3 is 0 Å². The maximum atomic E-state index is 14.5. The third-order valence-corrected chi connectivity index (χ3v) is 3.93. The largest absolute Gasteiger partial charge is 0.494 e. The lowest BCUT2D eigenvalue weighted by atomic mass is 9.98. The van der Waals surface area contributed by atoms with Crippen molar-refractivity contribution in [2.24, 2.45) is 0 Å². The molecular formula is C17H17ClFNO. The molecule has 0 atom stereocenters. The van der Waals surface area contributed by atoms with E-state index in [9.17, 15) is 4.39 Å². The molecule has 2 aromatic carbocycles. The summed E-state index contributed by atoms with van der Waals surface area (Å²) in [4.78, 5) is 0. The summed E-state index contributed by atoms with van der Waals surface area (Å²) >= 11 is 6.09. The Morgan fingerprint density at radius 1 is 1.24 bits per heavy atom. The first-order chi connectivity index (χ1) is 10.2. The summed E-state index contributed by atoms with van der Waals surface area (Å²) in [6.45, 7) is 0.692.